The van der Waals surface area contributed by atoms with Crippen LogP contribution in [0.15, 0.2) is 72.8 Å². The molecule has 3 aromatic carbocycles. The Morgan fingerprint density at radius 2 is 0.548 bits per heavy atom. The SMILES string of the molecule is CC(C)(C)c1ccc([Se+](c2ccc(C(C)(C)C)cc2)c2ccc(C(C)(C)C)cc2)cc1. The molecule has 0 aromatic heterocycles. The van der Waals surface area contributed by atoms with Crippen LogP contribution in [-0.2, 0) is 16.2 Å². The van der Waals surface area contributed by atoms with E-state index < -0.39 is 13.9 Å². The van der Waals surface area contributed by atoms with Gasteiger partial charge in [-0.25, -0.2) is 0 Å². The second-order valence-corrected chi connectivity index (χ2v) is 15.9. The Kier molecular flexibility index (Phi) is 6.62. The van der Waals surface area contributed by atoms with E-state index >= 15 is 0 Å². The summed E-state index contributed by atoms with van der Waals surface area (Å²) < 4.78 is 4.42. The molecule has 0 atom stereocenters. The van der Waals surface area contributed by atoms with Crippen molar-refractivity contribution in [3.63, 3.8) is 0 Å². The number of hydrogen-bond donors (Lipinski definition) is 0. The number of hydrogen-bond acceptors (Lipinski definition) is 0. The Bertz CT molecular complexity index is 850. The van der Waals surface area contributed by atoms with Crippen LogP contribution < -0.4 is 13.4 Å². The van der Waals surface area contributed by atoms with Crippen molar-refractivity contribution in [3.8, 4) is 0 Å². The van der Waals surface area contributed by atoms with E-state index in [-0.39, 0.29) is 16.2 Å². The van der Waals surface area contributed by atoms with E-state index in [2.05, 4.69) is 135 Å². The molecule has 1 heteroatoms. The average Bonchev–Trinajstić information content (AvgIpc) is 2.67. The van der Waals surface area contributed by atoms with Gasteiger partial charge in [0.25, 0.3) is 0 Å². The molecule has 0 saturated heterocycles. The first-order valence-electron chi connectivity index (χ1n) is 11.3. The van der Waals surface area contributed by atoms with Crippen molar-refractivity contribution in [2.45, 2.75) is 78.6 Å². The third kappa shape index (κ3) is 5.71. The minimum atomic E-state index is -1.36. The summed E-state index contributed by atoms with van der Waals surface area (Å²) in [7, 11) is 0. The van der Waals surface area contributed by atoms with Gasteiger partial charge in [0, 0.05) is 0 Å². The van der Waals surface area contributed by atoms with Gasteiger partial charge in [0.1, 0.15) is 0 Å². The molecule has 0 unspecified atom stereocenters. The van der Waals surface area contributed by atoms with E-state index in [1.165, 1.54) is 30.1 Å². The summed E-state index contributed by atoms with van der Waals surface area (Å²) in [6.45, 7) is 20.6. The third-order valence-corrected chi connectivity index (χ3v) is 10.5. The molecule has 0 aliphatic rings. The second-order valence-electron chi connectivity index (χ2n) is 11.6. The number of rotatable bonds is 3. The van der Waals surface area contributed by atoms with Gasteiger partial charge in [0.05, 0.1) is 0 Å². The van der Waals surface area contributed by atoms with Crippen LogP contribution in [0.25, 0.3) is 0 Å². The molecule has 0 fully saturated rings. The molecule has 31 heavy (non-hydrogen) atoms. The average molecular weight is 479 g/mol. The fourth-order valence-corrected chi connectivity index (χ4v) is 7.96. The quantitative estimate of drug-likeness (QED) is 0.400. The molecule has 164 valence electrons. The van der Waals surface area contributed by atoms with Crippen LogP contribution in [0.4, 0.5) is 0 Å². The summed E-state index contributed by atoms with van der Waals surface area (Å²) in [4.78, 5) is 0. The molecule has 3 rings (SSSR count). The van der Waals surface area contributed by atoms with Gasteiger partial charge in [0.15, 0.2) is 0 Å². The van der Waals surface area contributed by atoms with E-state index in [0.717, 1.165) is 0 Å². The van der Waals surface area contributed by atoms with E-state index in [0.29, 0.717) is 0 Å². The molecule has 0 radical (unpaired) electrons. The van der Waals surface area contributed by atoms with Crippen LogP contribution in [0.1, 0.15) is 79.0 Å². The summed E-state index contributed by atoms with van der Waals surface area (Å²) in [5.41, 5.74) is 4.72. The van der Waals surface area contributed by atoms with Gasteiger partial charge in [-0.05, 0) is 0 Å². The second kappa shape index (κ2) is 8.61. The summed E-state index contributed by atoms with van der Waals surface area (Å²) in [5.74, 6) is 0. The summed E-state index contributed by atoms with van der Waals surface area (Å²) in [5, 5.41) is 0. The fourth-order valence-electron chi connectivity index (χ4n) is 3.68. The minimum absolute atomic E-state index is 0.177. The topological polar surface area (TPSA) is 0 Å². The van der Waals surface area contributed by atoms with Crippen LogP contribution in [-0.4, -0.2) is 13.9 Å². The van der Waals surface area contributed by atoms with Gasteiger partial charge >= 0.3 is 195 Å². The maximum absolute atomic E-state index is 2.38. The van der Waals surface area contributed by atoms with Crippen molar-refractivity contribution in [2.75, 3.05) is 0 Å². The molecule has 0 aliphatic heterocycles. The molecule has 0 amide bonds. The predicted octanol–water partition coefficient (Wildman–Crippen LogP) is 6.10. The zero-order chi connectivity index (χ0) is 23.0. The van der Waals surface area contributed by atoms with E-state index in [9.17, 15) is 0 Å². The monoisotopic (exact) mass is 479 g/mol. The molecule has 0 saturated carbocycles. The normalized spacial score (nSPS) is 13.0. The maximum atomic E-state index is 2.38. The van der Waals surface area contributed by atoms with Gasteiger partial charge in [-0.2, -0.15) is 0 Å². The van der Waals surface area contributed by atoms with Gasteiger partial charge in [-0.15, -0.1) is 0 Å². The van der Waals surface area contributed by atoms with Crippen LogP contribution >= 0.6 is 0 Å². The van der Waals surface area contributed by atoms with Crippen molar-refractivity contribution in [1.82, 2.24) is 0 Å². The first-order chi connectivity index (χ1) is 14.3. The first kappa shape index (κ1) is 23.8. The summed E-state index contributed by atoms with van der Waals surface area (Å²) >= 11 is -1.36. The van der Waals surface area contributed by atoms with Crippen LogP contribution in [0, 0.1) is 0 Å². The Morgan fingerprint density at radius 3 is 0.710 bits per heavy atom. The van der Waals surface area contributed by atoms with Crippen LogP contribution in [0.5, 0.6) is 0 Å². The molecular weight excluding hydrogens is 439 g/mol. The first-order valence-corrected chi connectivity index (χ1v) is 13.9. The summed E-state index contributed by atoms with van der Waals surface area (Å²) in [6.07, 6.45) is 0. The summed E-state index contributed by atoms with van der Waals surface area (Å²) in [6, 6.07) is 28.2. The van der Waals surface area contributed by atoms with Gasteiger partial charge < -0.3 is 0 Å². The third-order valence-electron chi connectivity index (χ3n) is 5.87. The number of benzene rings is 3. The Morgan fingerprint density at radius 1 is 0.355 bits per heavy atom. The van der Waals surface area contributed by atoms with Crippen LogP contribution in [0.2, 0.25) is 0 Å². The molecule has 0 spiro atoms. The standard InChI is InChI=1S/C30H39Se/c1-28(2,3)22-10-16-25(17-11-22)31(26-18-12-23(13-19-26)29(4,5)6)27-20-14-24(15-21-27)30(7,8)9/h10-21H,1-9H3/q+1. The Hall–Kier alpha value is -1.82. The van der Waals surface area contributed by atoms with Gasteiger partial charge in [-0.3, -0.25) is 0 Å². The van der Waals surface area contributed by atoms with E-state index in [1.807, 2.05) is 0 Å². The molecular formula is C30H39Se+. The Labute approximate surface area is 195 Å². The van der Waals surface area contributed by atoms with Gasteiger partial charge in [0.2, 0.25) is 0 Å². The zero-order valence-corrected chi connectivity index (χ0v) is 22.5. The van der Waals surface area contributed by atoms with Crippen molar-refractivity contribution < 1.29 is 0 Å². The van der Waals surface area contributed by atoms with Gasteiger partial charge in [-0.1, -0.05) is 0 Å². The van der Waals surface area contributed by atoms with E-state index in [4.69, 9.17) is 0 Å². The van der Waals surface area contributed by atoms with E-state index in [1.54, 1.807) is 0 Å². The van der Waals surface area contributed by atoms with Crippen molar-refractivity contribution >= 4 is 27.3 Å². The molecule has 0 heterocycles. The fraction of sp³-hybridized carbons (Fsp3) is 0.400. The molecule has 3 aromatic rings. The molecule has 0 aliphatic carbocycles. The molecule has 0 nitrogen and oxygen atoms in total. The predicted molar refractivity (Wildman–Crippen MR) is 140 cm³/mol. The zero-order valence-electron chi connectivity index (χ0n) is 20.8. The van der Waals surface area contributed by atoms with Crippen molar-refractivity contribution in [1.29, 1.82) is 0 Å². The van der Waals surface area contributed by atoms with Crippen molar-refractivity contribution in [2.24, 2.45) is 0 Å². The molecule has 0 bridgehead atoms. The van der Waals surface area contributed by atoms with Crippen LogP contribution in [0.3, 0.4) is 0 Å². The Balaban J connectivity index is 2.08. The molecule has 0 N–H and O–H groups in total. The van der Waals surface area contributed by atoms with Crippen molar-refractivity contribution in [3.05, 3.63) is 89.5 Å².